The molecule has 1 fully saturated rings. The van der Waals surface area contributed by atoms with Crippen LogP contribution in [-0.4, -0.2) is 0 Å². The molecule has 92 valence electrons. The first kappa shape index (κ1) is 12.2. The average molecular weight is 220 g/mol. The summed E-state index contributed by atoms with van der Waals surface area (Å²) in [6, 6.07) is 0. The Morgan fingerprint density at radius 3 is 2.31 bits per heavy atom. The Morgan fingerprint density at radius 2 is 1.88 bits per heavy atom. The summed E-state index contributed by atoms with van der Waals surface area (Å²) in [5.74, 6) is 0.908. The minimum atomic E-state index is 0.472. The Kier molecular flexibility index (Phi) is 2.57. The summed E-state index contributed by atoms with van der Waals surface area (Å²) >= 11 is 0. The van der Waals surface area contributed by atoms with Crippen molar-refractivity contribution in [3.05, 3.63) is 11.6 Å². The van der Waals surface area contributed by atoms with Crippen LogP contribution in [0.5, 0.6) is 0 Å². The van der Waals surface area contributed by atoms with Gasteiger partial charge in [0.15, 0.2) is 0 Å². The van der Waals surface area contributed by atoms with Crippen LogP contribution < -0.4 is 0 Å². The van der Waals surface area contributed by atoms with Gasteiger partial charge in [0.05, 0.1) is 0 Å². The normalized spacial score (nSPS) is 41.1. The van der Waals surface area contributed by atoms with E-state index in [9.17, 15) is 0 Å². The van der Waals surface area contributed by atoms with Crippen molar-refractivity contribution in [2.24, 2.45) is 22.2 Å². The molecular formula is C16H28. The quantitative estimate of drug-likeness (QED) is 0.572. The summed E-state index contributed by atoms with van der Waals surface area (Å²) in [7, 11) is 0. The van der Waals surface area contributed by atoms with Gasteiger partial charge in [-0.05, 0) is 36.0 Å². The van der Waals surface area contributed by atoms with Crippen molar-refractivity contribution < 1.29 is 0 Å². The van der Waals surface area contributed by atoms with E-state index in [2.05, 4.69) is 47.6 Å². The molecule has 0 aromatic carbocycles. The Hall–Kier alpha value is -0.260. The third-order valence-corrected chi connectivity index (χ3v) is 5.07. The summed E-state index contributed by atoms with van der Waals surface area (Å²) in [6.45, 7) is 14.4. The zero-order valence-electron chi connectivity index (χ0n) is 12.0. The largest absolute Gasteiger partial charge is 0.0801 e. The lowest BCUT2D eigenvalue weighted by Crippen LogP contribution is -2.20. The molecule has 2 rings (SSSR count). The SMILES string of the molecule is CCCC1=CC2C(C)(CC(C)(C)C)C12CC. The van der Waals surface area contributed by atoms with E-state index in [4.69, 9.17) is 0 Å². The highest BCUT2D eigenvalue weighted by molar-refractivity contribution is 5.48. The van der Waals surface area contributed by atoms with Gasteiger partial charge in [-0.15, -0.1) is 0 Å². The standard InChI is InChI=1S/C16H28/c1-7-9-12-10-13-15(6,11-14(3,4)5)16(12,13)8-2/h10,13H,7-9,11H2,1-6H3. The van der Waals surface area contributed by atoms with E-state index in [1.165, 1.54) is 25.7 Å². The van der Waals surface area contributed by atoms with Crippen LogP contribution in [0.2, 0.25) is 0 Å². The maximum absolute atomic E-state index is 2.60. The van der Waals surface area contributed by atoms with Gasteiger partial charge in [0, 0.05) is 5.41 Å². The number of hydrogen-bond acceptors (Lipinski definition) is 0. The maximum Gasteiger partial charge on any atom is 0.00376 e. The third-order valence-electron chi connectivity index (χ3n) is 5.07. The lowest BCUT2D eigenvalue weighted by molar-refractivity contribution is 0.248. The molecule has 0 saturated heterocycles. The predicted molar refractivity (Wildman–Crippen MR) is 71.4 cm³/mol. The summed E-state index contributed by atoms with van der Waals surface area (Å²) in [4.78, 5) is 0. The number of rotatable bonds is 4. The highest BCUT2D eigenvalue weighted by atomic mass is 14.8. The van der Waals surface area contributed by atoms with Gasteiger partial charge in [-0.25, -0.2) is 0 Å². The molecule has 3 atom stereocenters. The minimum absolute atomic E-state index is 0.472. The van der Waals surface area contributed by atoms with Crippen molar-refractivity contribution in [2.45, 2.75) is 67.2 Å². The first-order valence-electron chi connectivity index (χ1n) is 7.03. The molecular weight excluding hydrogens is 192 g/mol. The lowest BCUT2D eigenvalue weighted by Gasteiger charge is -2.30. The highest BCUT2D eigenvalue weighted by Gasteiger charge is 2.77. The van der Waals surface area contributed by atoms with Gasteiger partial charge in [0.25, 0.3) is 0 Å². The molecule has 0 bridgehead atoms. The van der Waals surface area contributed by atoms with Crippen LogP contribution in [0.25, 0.3) is 0 Å². The van der Waals surface area contributed by atoms with Gasteiger partial charge < -0.3 is 0 Å². The zero-order valence-corrected chi connectivity index (χ0v) is 12.0. The predicted octanol–water partition coefficient (Wildman–Crippen LogP) is 5.20. The maximum atomic E-state index is 2.60. The van der Waals surface area contributed by atoms with E-state index in [0.29, 0.717) is 16.2 Å². The molecule has 0 aromatic heterocycles. The monoisotopic (exact) mass is 220 g/mol. The second-order valence-electron chi connectivity index (χ2n) is 7.40. The Morgan fingerprint density at radius 1 is 1.25 bits per heavy atom. The Balaban J connectivity index is 2.13. The molecule has 3 unspecified atom stereocenters. The topological polar surface area (TPSA) is 0 Å². The van der Waals surface area contributed by atoms with Gasteiger partial charge in [-0.2, -0.15) is 0 Å². The molecule has 0 aliphatic heterocycles. The van der Waals surface area contributed by atoms with Crippen molar-refractivity contribution in [1.82, 2.24) is 0 Å². The first-order valence-corrected chi connectivity index (χ1v) is 7.03. The van der Waals surface area contributed by atoms with Crippen molar-refractivity contribution in [3.63, 3.8) is 0 Å². The molecule has 0 N–H and O–H groups in total. The van der Waals surface area contributed by atoms with Crippen LogP contribution in [0.1, 0.15) is 67.2 Å². The molecule has 0 spiro atoms. The van der Waals surface area contributed by atoms with Crippen molar-refractivity contribution >= 4 is 0 Å². The molecule has 0 heteroatoms. The fourth-order valence-electron chi connectivity index (χ4n) is 4.74. The van der Waals surface area contributed by atoms with Gasteiger partial charge >= 0.3 is 0 Å². The summed E-state index contributed by atoms with van der Waals surface area (Å²) in [6.07, 6.45) is 7.98. The molecule has 2 aliphatic rings. The van der Waals surface area contributed by atoms with Crippen LogP contribution >= 0.6 is 0 Å². The fourth-order valence-corrected chi connectivity index (χ4v) is 4.74. The van der Waals surface area contributed by atoms with E-state index < -0.39 is 0 Å². The average Bonchev–Trinajstić information content (AvgIpc) is 2.49. The number of hydrogen-bond donors (Lipinski definition) is 0. The van der Waals surface area contributed by atoms with Crippen LogP contribution in [0.15, 0.2) is 11.6 Å². The molecule has 0 radical (unpaired) electrons. The summed E-state index contributed by atoms with van der Waals surface area (Å²) in [5, 5.41) is 0. The lowest BCUT2D eigenvalue weighted by atomic mass is 9.74. The smallest absolute Gasteiger partial charge is 0.00376 e. The van der Waals surface area contributed by atoms with Crippen molar-refractivity contribution in [2.75, 3.05) is 0 Å². The van der Waals surface area contributed by atoms with E-state index in [1.54, 1.807) is 5.57 Å². The fraction of sp³-hybridized carbons (Fsp3) is 0.875. The highest BCUT2D eigenvalue weighted by Crippen LogP contribution is 2.83. The molecule has 1 saturated carbocycles. The summed E-state index contributed by atoms with van der Waals surface area (Å²) < 4.78 is 0. The Bertz CT molecular complexity index is 317. The van der Waals surface area contributed by atoms with Crippen LogP contribution in [0, 0.1) is 22.2 Å². The third kappa shape index (κ3) is 1.34. The molecule has 0 nitrogen and oxygen atoms in total. The van der Waals surface area contributed by atoms with Gasteiger partial charge in [-0.3, -0.25) is 0 Å². The molecule has 0 heterocycles. The van der Waals surface area contributed by atoms with Gasteiger partial charge in [0.2, 0.25) is 0 Å². The van der Waals surface area contributed by atoms with E-state index >= 15 is 0 Å². The summed E-state index contributed by atoms with van der Waals surface area (Å²) in [5.41, 5.74) is 3.47. The van der Waals surface area contributed by atoms with E-state index in [0.717, 1.165) is 5.92 Å². The van der Waals surface area contributed by atoms with Crippen LogP contribution in [0.4, 0.5) is 0 Å². The Labute approximate surface area is 102 Å². The van der Waals surface area contributed by atoms with Crippen molar-refractivity contribution in [1.29, 1.82) is 0 Å². The minimum Gasteiger partial charge on any atom is -0.0801 e. The first-order chi connectivity index (χ1) is 7.32. The van der Waals surface area contributed by atoms with Crippen LogP contribution in [-0.2, 0) is 0 Å². The van der Waals surface area contributed by atoms with E-state index in [1.807, 2.05) is 0 Å². The second kappa shape index (κ2) is 3.37. The number of fused-ring (bicyclic) bond motifs is 1. The molecule has 2 aliphatic carbocycles. The van der Waals surface area contributed by atoms with Gasteiger partial charge in [-0.1, -0.05) is 59.6 Å². The second-order valence-corrected chi connectivity index (χ2v) is 7.40. The molecule has 0 aromatic rings. The molecule has 0 amide bonds. The van der Waals surface area contributed by atoms with E-state index in [-0.39, 0.29) is 0 Å². The van der Waals surface area contributed by atoms with Crippen LogP contribution in [0.3, 0.4) is 0 Å². The van der Waals surface area contributed by atoms with Gasteiger partial charge in [0.1, 0.15) is 0 Å². The zero-order chi connectivity index (χ0) is 12.2. The number of allylic oxidation sites excluding steroid dienone is 2. The van der Waals surface area contributed by atoms with Crippen molar-refractivity contribution in [3.8, 4) is 0 Å². The molecule has 16 heavy (non-hydrogen) atoms.